The van der Waals surface area contributed by atoms with Crippen LogP contribution >= 0.6 is 0 Å². The molecule has 1 atom stereocenters. The van der Waals surface area contributed by atoms with Crippen LogP contribution in [0.1, 0.15) is 39.9 Å². The summed E-state index contributed by atoms with van der Waals surface area (Å²) in [4.78, 5) is 53.3. The summed E-state index contributed by atoms with van der Waals surface area (Å²) in [7, 11) is 0. The van der Waals surface area contributed by atoms with Crippen molar-refractivity contribution in [1.82, 2.24) is 20.4 Å². The molecule has 3 aliphatic rings. The van der Waals surface area contributed by atoms with Gasteiger partial charge in [-0.05, 0) is 35.7 Å². The number of hydrogen-bond acceptors (Lipinski definition) is 8. The zero-order chi connectivity index (χ0) is 26.5. The third-order valence-electron chi connectivity index (χ3n) is 7.23. The minimum Gasteiger partial charge on any atom is -0.423 e. The fraction of sp³-hybridized carbons (Fsp3) is 0.429. The molecule has 2 saturated heterocycles. The summed E-state index contributed by atoms with van der Waals surface area (Å²) >= 11 is 0. The van der Waals surface area contributed by atoms with Gasteiger partial charge in [0.1, 0.15) is 5.75 Å². The van der Waals surface area contributed by atoms with Gasteiger partial charge in [0.05, 0.1) is 31.2 Å². The summed E-state index contributed by atoms with van der Waals surface area (Å²) in [6.07, 6.45) is 1.03. The molecule has 10 nitrogen and oxygen atoms in total. The molecule has 5 rings (SSSR count). The predicted molar refractivity (Wildman–Crippen MR) is 137 cm³/mol. The molecule has 2 N–H and O–H groups in total. The molecule has 0 bridgehead atoms. The number of hydrogen-bond donors (Lipinski definition) is 2. The van der Waals surface area contributed by atoms with Crippen molar-refractivity contribution < 1.29 is 28.7 Å². The number of fused-ring (bicyclic) bond motifs is 1. The normalized spacial score (nSPS) is 20.1. The Labute approximate surface area is 221 Å². The third-order valence-corrected chi connectivity index (χ3v) is 7.23. The molecule has 3 amide bonds. The fourth-order valence-corrected chi connectivity index (χ4v) is 5.11. The van der Waals surface area contributed by atoms with E-state index < -0.39 is 5.97 Å². The summed E-state index contributed by atoms with van der Waals surface area (Å²) in [6, 6.07) is 12.0. The molecule has 0 radical (unpaired) electrons. The van der Waals surface area contributed by atoms with Crippen LogP contribution in [0.2, 0.25) is 0 Å². The second-order valence-electron chi connectivity index (χ2n) is 9.83. The highest BCUT2D eigenvalue weighted by atomic mass is 16.5. The number of amides is 3. The Balaban J connectivity index is 1.13. The van der Waals surface area contributed by atoms with E-state index in [-0.39, 0.29) is 30.2 Å². The highest BCUT2D eigenvalue weighted by Gasteiger charge is 2.35. The van der Waals surface area contributed by atoms with E-state index in [1.165, 1.54) is 0 Å². The molecule has 3 aliphatic heterocycles. The topological polar surface area (TPSA) is 117 Å². The van der Waals surface area contributed by atoms with Crippen molar-refractivity contribution >= 4 is 23.7 Å². The maximum absolute atomic E-state index is 12.9. The van der Waals surface area contributed by atoms with Crippen molar-refractivity contribution in [2.24, 2.45) is 0 Å². The van der Waals surface area contributed by atoms with Crippen LogP contribution in [0.25, 0.3) is 0 Å². The molecule has 38 heavy (non-hydrogen) atoms. The monoisotopic (exact) mass is 520 g/mol. The van der Waals surface area contributed by atoms with Crippen LogP contribution < -0.4 is 15.4 Å². The Morgan fingerprint density at radius 2 is 1.84 bits per heavy atom. The van der Waals surface area contributed by atoms with Crippen LogP contribution in [0.3, 0.4) is 0 Å². The van der Waals surface area contributed by atoms with E-state index >= 15 is 0 Å². The van der Waals surface area contributed by atoms with Crippen LogP contribution in [0, 0.1) is 0 Å². The lowest BCUT2D eigenvalue weighted by Gasteiger charge is -2.29. The van der Waals surface area contributed by atoms with E-state index in [0.29, 0.717) is 43.8 Å². The highest BCUT2D eigenvalue weighted by Crippen LogP contribution is 2.33. The number of carbonyl (C=O) groups is 4. The van der Waals surface area contributed by atoms with E-state index in [9.17, 15) is 19.2 Å². The molecule has 0 aliphatic carbocycles. The molecular weight excluding hydrogens is 488 g/mol. The summed E-state index contributed by atoms with van der Waals surface area (Å²) < 4.78 is 11.1. The highest BCUT2D eigenvalue weighted by molar-refractivity contribution is 6.00. The van der Waals surface area contributed by atoms with Crippen LogP contribution in [0.15, 0.2) is 42.5 Å². The Bertz CT molecular complexity index is 1210. The summed E-state index contributed by atoms with van der Waals surface area (Å²) in [5.41, 5.74) is 3.07. The van der Waals surface area contributed by atoms with Gasteiger partial charge in [-0.25, -0.2) is 4.79 Å². The third kappa shape index (κ3) is 6.27. The number of nitrogens with one attached hydrogen (secondary N) is 2. The molecule has 2 fully saturated rings. The number of imide groups is 1. The number of morpholine rings is 1. The summed E-state index contributed by atoms with van der Waals surface area (Å²) in [5, 5.41) is 5.35. The van der Waals surface area contributed by atoms with Crippen LogP contribution in [0.4, 0.5) is 0 Å². The molecule has 2 aromatic rings. The largest absolute Gasteiger partial charge is 0.423 e. The first-order valence-electron chi connectivity index (χ1n) is 13.0. The first-order chi connectivity index (χ1) is 18.5. The smallest absolute Gasteiger partial charge is 0.343 e. The Hall–Kier alpha value is -3.60. The molecular formula is C28H32N4O6. The van der Waals surface area contributed by atoms with E-state index in [1.807, 2.05) is 17.0 Å². The van der Waals surface area contributed by atoms with Crippen molar-refractivity contribution in [1.29, 1.82) is 0 Å². The molecule has 3 heterocycles. The number of benzene rings is 2. The second-order valence-corrected chi connectivity index (χ2v) is 9.83. The summed E-state index contributed by atoms with van der Waals surface area (Å²) in [6.45, 7) is 5.64. The van der Waals surface area contributed by atoms with Gasteiger partial charge < -0.3 is 14.8 Å². The maximum Gasteiger partial charge on any atom is 0.343 e. The number of carbonyl (C=O) groups excluding carboxylic acids is 4. The first kappa shape index (κ1) is 26.0. The van der Waals surface area contributed by atoms with Crippen molar-refractivity contribution in [3.05, 3.63) is 64.7 Å². The van der Waals surface area contributed by atoms with E-state index in [0.717, 1.165) is 49.5 Å². The van der Waals surface area contributed by atoms with Crippen molar-refractivity contribution in [3.63, 3.8) is 0 Å². The van der Waals surface area contributed by atoms with Gasteiger partial charge in [0.15, 0.2) is 0 Å². The standard InChI is InChI=1S/C28H32N4O6/c33-25-9-8-23(27(35)30-25)32-17-21-2-1-3-24(22(21)18-32)38-28(36)20-6-4-19(5-7-20)16-26(34)29-10-11-31-12-14-37-15-13-31/h1-7,23H,8-18H2,(H,29,34)(H,30,33,35). The van der Waals surface area contributed by atoms with Gasteiger partial charge in [-0.15, -0.1) is 0 Å². The van der Waals surface area contributed by atoms with Gasteiger partial charge in [-0.2, -0.15) is 0 Å². The Morgan fingerprint density at radius 3 is 2.61 bits per heavy atom. The minimum absolute atomic E-state index is 0.0611. The molecule has 2 aromatic carbocycles. The lowest BCUT2D eigenvalue weighted by atomic mass is 10.0. The molecule has 0 spiro atoms. The van der Waals surface area contributed by atoms with Crippen LogP contribution in [0.5, 0.6) is 5.75 Å². The van der Waals surface area contributed by atoms with Gasteiger partial charge in [-0.1, -0.05) is 24.3 Å². The number of nitrogens with zero attached hydrogens (tertiary/aromatic N) is 2. The van der Waals surface area contributed by atoms with Gasteiger partial charge in [0.2, 0.25) is 17.7 Å². The van der Waals surface area contributed by atoms with Crippen molar-refractivity contribution in [3.8, 4) is 5.75 Å². The van der Waals surface area contributed by atoms with Crippen LogP contribution in [-0.4, -0.2) is 78.9 Å². The average molecular weight is 521 g/mol. The maximum atomic E-state index is 12.9. The Morgan fingerprint density at radius 1 is 1.05 bits per heavy atom. The second kappa shape index (κ2) is 11.8. The van der Waals surface area contributed by atoms with E-state index in [4.69, 9.17) is 9.47 Å². The van der Waals surface area contributed by atoms with Crippen LogP contribution in [-0.2, 0) is 38.6 Å². The lowest BCUT2D eigenvalue weighted by Crippen LogP contribution is -2.50. The molecule has 0 saturated carbocycles. The predicted octanol–water partition coefficient (Wildman–Crippen LogP) is 1.02. The first-order valence-corrected chi connectivity index (χ1v) is 13.0. The molecule has 200 valence electrons. The number of esters is 1. The van der Waals surface area contributed by atoms with E-state index in [1.54, 1.807) is 30.3 Å². The lowest BCUT2D eigenvalue weighted by molar-refractivity contribution is -0.137. The zero-order valence-corrected chi connectivity index (χ0v) is 21.2. The summed E-state index contributed by atoms with van der Waals surface area (Å²) in [5.74, 6) is -0.606. The molecule has 0 aromatic heterocycles. The van der Waals surface area contributed by atoms with Crippen molar-refractivity contribution in [2.45, 2.75) is 38.4 Å². The average Bonchev–Trinajstić information content (AvgIpc) is 3.35. The molecule has 10 heteroatoms. The number of rotatable bonds is 8. The quantitative estimate of drug-likeness (QED) is 0.301. The zero-order valence-electron chi connectivity index (χ0n) is 21.2. The van der Waals surface area contributed by atoms with Gasteiger partial charge in [0, 0.05) is 51.3 Å². The number of ether oxygens (including phenoxy) is 2. The molecule has 1 unspecified atom stereocenters. The fourth-order valence-electron chi connectivity index (χ4n) is 5.11. The SMILES string of the molecule is O=C(Cc1ccc(C(=O)Oc2cccc3c2CN(C2CCC(=O)NC2=O)C3)cc1)NCCN1CCOCC1. The van der Waals surface area contributed by atoms with Gasteiger partial charge in [-0.3, -0.25) is 29.5 Å². The number of piperidine rings is 1. The van der Waals surface area contributed by atoms with Gasteiger partial charge in [0.25, 0.3) is 0 Å². The van der Waals surface area contributed by atoms with Gasteiger partial charge >= 0.3 is 5.97 Å². The van der Waals surface area contributed by atoms with E-state index in [2.05, 4.69) is 15.5 Å². The minimum atomic E-state index is -0.487. The Kier molecular flexibility index (Phi) is 8.11. The van der Waals surface area contributed by atoms with Crippen molar-refractivity contribution in [2.75, 3.05) is 39.4 Å².